The molecule has 2 saturated heterocycles. The monoisotopic (exact) mass is 550 g/mol. The number of methoxy groups -OCH3 is 1. The number of para-hydroxylation sites is 2. The number of amides is 1. The summed E-state index contributed by atoms with van der Waals surface area (Å²) in [5.74, 6) is -2.24. The molecule has 4 rings (SSSR count). The topological polar surface area (TPSA) is 186 Å². The molecule has 6 atom stereocenters. The maximum Gasteiger partial charge on any atom is 0.395 e. The van der Waals surface area contributed by atoms with Crippen molar-refractivity contribution in [2.24, 2.45) is 10.5 Å². The molecular formula is C23H27N4O10P. The lowest BCUT2D eigenvalue weighted by Gasteiger charge is -2.25. The number of benzene rings is 1. The van der Waals surface area contributed by atoms with Crippen molar-refractivity contribution in [3.8, 4) is 11.5 Å². The summed E-state index contributed by atoms with van der Waals surface area (Å²) < 4.78 is 39.0. The third-order valence-corrected chi connectivity index (χ3v) is 6.63. The molecule has 1 aromatic heterocycles. The summed E-state index contributed by atoms with van der Waals surface area (Å²) >= 11 is 0. The van der Waals surface area contributed by atoms with Gasteiger partial charge in [-0.15, -0.1) is 0 Å². The molecule has 0 saturated carbocycles. The van der Waals surface area contributed by atoms with E-state index in [0.717, 1.165) is 0 Å². The maximum atomic E-state index is 12.8. The van der Waals surface area contributed by atoms with Gasteiger partial charge in [0.1, 0.15) is 24.9 Å². The number of nitrogens with two attached hydrogens (primary N) is 1. The number of carbonyl (C=O) groups is 2. The van der Waals surface area contributed by atoms with Gasteiger partial charge in [0, 0.05) is 12.4 Å². The van der Waals surface area contributed by atoms with E-state index in [1.807, 2.05) is 0 Å². The van der Waals surface area contributed by atoms with Crippen LogP contribution >= 0.6 is 8.17 Å². The van der Waals surface area contributed by atoms with E-state index in [9.17, 15) is 19.3 Å². The maximum absolute atomic E-state index is 12.8. The van der Waals surface area contributed by atoms with Crippen LogP contribution in [0, 0.1) is 0 Å². The molecule has 204 valence electrons. The number of primary amides is 1. The lowest BCUT2D eigenvalue weighted by molar-refractivity contribution is -0.199. The number of ether oxygens (including phenoxy) is 5. The van der Waals surface area contributed by atoms with Crippen molar-refractivity contribution in [3.63, 3.8) is 0 Å². The molecule has 0 bridgehead atoms. The molecule has 14 nitrogen and oxygen atoms in total. The van der Waals surface area contributed by atoms with Crippen LogP contribution < -0.4 is 25.4 Å². The SMILES string of the molecule is COC(=O)[C@H](C)/N=[P+](\[O-])Oc1ccccc1OC[C@H]1O[C@@H](n2ccnc(C(N)=O)c2=O)[C@@H]2OC(C)(C)O[C@@H]21. The Labute approximate surface area is 218 Å². The van der Waals surface area contributed by atoms with E-state index >= 15 is 0 Å². The van der Waals surface area contributed by atoms with Crippen LogP contribution in [0.15, 0.2) is 46.2 Å². The first-order valence-electron chi connectivity index (χ1n) is 11.5. The molecule has 0 radical (unpaired) electrons. The fourth-order valence-electron chi connectivity index (χ4n) is 4.10. The predicted molar refractivity (Wildman–Crippen MR) is 128 cm³/mol. The Bertz CT molecular complexity index is 1300. The van der Waals surface area contributed by atoms with Gasteiger partial charge in [-0.25, -0.2) is 9.78 Å². The summed E-state index contributed by atoms with van der Waals surface area (Å²) in [4.78, 5) is 52.1. The first kappa shape index (κ1) is 27.6. The fourth-order valence-corrected chi connectivity index (χ4v) is 4.84. The molecule has 1 amide bonds. The molecule has 2 aliphatic rings. The summed E-state index contributed by atoms with van der Waals surface area (Å²) in [5, 5.41) is 0. The normalized spacial score (nSPS) is 24.9. The third-order valence-electron chi connectivity index (χ3n) is 5.74. The van der Waals surface area contributed by atoms with E-state index in [2.05, 4.69) is 14.5 Å². The average molecular weight is 550 g/mol. The Morgan fingerprint density at radius 3 is 2.63 bits per heavy atom. The van der Waals surface area contributed by atoms with Crippen molar-refractivity contribution in [3.05, 3.63) is 52.7 Å². The molecule has 38 heavy (non-hydrogen) atoms. The van der Waals surface area contributed by atoms with Crippen molar-refractivity contribution < 1.29 is 42.7 Å². The van der Waals surface area contributed by atoms with Gasteiger partial charge in [0.05, 0.1) is 7.11 Å². The molecule has 2 fully saturated rings. The number of esters is 1. The van der Waals surface area contributed by atoms with Crippen LogP contribution in [0.4, 0.5) is 0 Å². The molecule has 2 aromatic rings. The van der Waals surface area contributed by atoms with Crippen LogP contribution in [-0.2, 0) is 23.7 Å². The van der Waals surface area contributed by atoms with E-state index < -0.39 is 67.7 Å². The van der Waals surface area contributed by atoms with Gasteiger partial charge in [-0.3, -0.25) is 18.7 Å². The molecule has 3 heterocycles. The number of hydrogen-bond donors (Lipinski definition) is 1. The minimum Gasteiger partial charge on any atom is -0.575 e. The quantitative estimate of drug-likeness (QED) is 0.341. The van der Waals surface area contributed by atoms with Gasteiger partial charge in [0.25, 0.3) is 11.5 Å². The highest BCUT2D eigenvalue weighted by Crippen LogP contribution is 2.43. The Morgan fingerprint density at radius 2 is 1.95 bits per heavy atom. The van der Waals surface area contributed by atoms with E-state index in [1.54, 1.807) is 32.0 Å². The number of aromatic nitrogens is 2. The summed E-state index contributed by atoms with van der Waals surface area (Å²) in [7, 11) is -1.40. The van der Waals surface area contributed by atoms with Crippen LogP contribution in [0.25, 0.3) is 0 Å². The molecular weight excluding hydrogens is 523 g/mol. The summed E-state index contributed by atoms with van der Waals surface area (Å²) in [5.41, 5.74) is 4.11. The van der Waals surface area contributed by atoms with Gasteiger partial charge in [0.2, 0.25) is 5.75 Å². The van der Waals surface area contributed by atoms with E-state index in [-0.39, 0.29) is 18.1 Å². The first-order valence-corrected chi connectivity index (χ1v) is 12.7. The number of nitrogens with zero attached hydrogens (tertiary/aromatic N) is 3. The number of carbonyl (C=O) groups excluding carboxylic acids is 2. The highest BCUT2D eigenvalue weighted by atomic mass is 31.1. The van der Waals surface area contributed by atoms with Gasteiger partial charge >= 0.3 is 14.1 Å². The zero-order chi connectivity index (χ0) is 27.6. The van der Waals surface area contributed by atoms with E-state index in [4.69, 9.17) is 29.2 Å². The minimum absolute atomic E-state index is 0.0630. The van der Waals surface area contributed by atoms with Crippen LogP contribution in [0.5, 0.6) is 11.5 Å². The number of hydrogen-bond acceptors (Lipinski definition) is 12. The van der Waals surface area contributed by atoms with Crippen molar-refractivity contribution in [2.45, 2.75) is 57.1 Å². The second-order valence-electron chi connectivity index (χ2n) is 8.88. The van der Waals surface area contributed by atoms with Crippen LogP contribution in [0.1, 0.15) is 37.5 Å². The van der Waals surface area contributed by atoms with Crippen molar-refractivity contribution in [1.82, 2.24) is 9.55 Å². The smallest absolute Gasteiger partial charge is 0.395 e. The highest BCUT2D eigenvalue weighted by molar-refractivity contribution is 7.34. The summed E-state index contributed by atoms with van der Waals surface area (Å²) in [6.45, 7) is 4.82. The van der Waals surface area contributed by atoms with Gasteiger partial charge in [-0.2, -0.15) is 0 Å². The van der Waals surface area contributed by atoms with Crippen molar-refractivity contribution >= 4 is 20.0 Å². The van der Waals surface area contributed by atoms with Crippen LogP contribution in [0.3, 0.4) is 0 Å². The Hall–Kier alpha value is -3.42. The largest absolute Gasteiger partial charge is 0.575 e. The zero-order valence-electron chi connectivity index (χ0n) is 21.0. The summed E-state index contributed by atoms with van der Waals surface area (Å²) in [6, 6.07) is 5.48. The lowest BCUT2D eigenvalue weighted by atomic mass is 10.1. The molecule has 15 heteroatoms. The van der Waals surface area contributed by atoms with E-state index in [0.29, 0.717) is 0 Å². The second-order valence-corrected chi connectivity index (χ2v) is 9.77. The fraction of sp³-hybridized carbons (Fsp3) is 0.478. The highest BCUT2D eigenvalue weighted by Gasteiger charge is 2.56. The van der Waals surface area contributed by atoms with Crippen LogP contribution in [-0.4, -0.2) is 65.3 Å². The summed E-state index contributed by atoms with van der Waals surface area (Å²) in [6.07, 6.45) is -0.372. The Balaban J connectivity index is 1.53. The molecule has 1 unspecified atom stereocenters. The molecule has 0 aliphatic carbocycles. The van der Waals surface area contributed by atoms with Gasteiger partial charge in [0.15, 0.2) is 29.5 Å². The van der Waals surface area contributed by atoms with Crippen LogP contribution in [0.2, 0.25) is 0 Å². The standard InChI is InChI=1S/C23H27N4O10P/c1-12(22(30)32-4)26-38(31)37-14-8-6-5-7-13(14)33-11-15-17-18(36-23(2,3)35-17)21(34-15)27-10-9-25-16(19(24)28)20(27)29/h5-10,12,15,17-18,21H,11H2,1-4H3,(H2,24,28)/t12-,15+,17+,18+,21+/m0/s1. The predicted octanol–water partition coefficient (Wildman–Crippen LogP) is 0.635. The number of rotatable bonds is 9. The van der Waals surface area contributed by atoms with Gasteiger partial charge in [-0.1, -0.05) is 16.9 Å². The Morgan fingerprint density at radius 1 is 1.26 bits per heavy atom. The van der Waals surface area contributed by atoms with Crippen molar-refractivity contribution in [1.29, 1.82) is 0 Å². The molecule has 2 N–H and O–H groups in total. The second kappa shape index (κ2) is 11.1. The van der Waals surface area contributed by atoms with Crippen molar-refractivity contribution in [2.75, 3.05) is 13.7 Å². The first-order chi connectivity index (χ1) is 18.0. The average Bonchev–Trinajstić information content (AvgIpc) is 3.35. The zero-order valence-corrected chi connectivity index (χ0v) is 21.9. The minimum atomic E-state index is -2.61. The third kappa shape index (κ3) is 5.84. The van der Waals surface area contributed by atoms with E-state index in [1.165, 1.54) is 37.1 Å². The Kier molecular flexibility index (Phi) is 8.09. The van der Waals surface area contributed by atoms with Gasteiger partial charge in [-0.05, 0) is 32.9 Å². The van der Waals surface area contributed by atoms with Gasteiger partial charge < -0.3 is 34.3 Å². The molecule has 1 aromatic carbocycles. The number of fused-ring (bicyclic) bond motifs is 1. The molecule has 2 aliphatic heterocycles. The lowest BCUT2D eigenvalue weighted by Crippen LogP contribution is -2.37. The molecule has 0 spiro atoms.